The Morgan fingerprint density at radius 2 is 2.12 bits per heavy atom. The molecule has 0 unspecified atom stereocenters. The first kappa shape index (κ1) is 13.4. The lowest BCUT2D eigenvalue weighted by Gasteiger charge is -2.28. The monoisotopic (exact) mass is 234 g/mol. The van der Waals surface area contributed by atoms with Crippen LogP contribution in [-0.2, 0) is 11.3 Å². The summed E-state index contributed by atoms with van der Waals surface area (Å²) in [6.07, 6.45) is 1.87. The predicted octanol–water partition coefficient (Wildman–Crippen LogP) is 0.569. The minimum absolute atomic E-state index is 0.297. The number of amides is 1. The van der Waals surface area contributed by atoms with Crippen molar-refractivity contribution in [2.75, 3.05) is 6.61 Å². The summed E-state index contributed by atoms with van der Waals surface area (Å²) in [5.74, 6) is -0.573. The first-order valence-electron chi connectivity index (χ1n) is 5.45. The zero-order valence-corrected chi connectivity index (χ0v) is 9.73. The van der Waals surface area contributed by atoms with Gasteiger partial charge in [-0.1, -0.05) is 36.4 Å². The SMILES string of the molecule is C=CC[C@@](CO)(NCc1ccccc1)C(N)=O. The van der Waals surface area contributed by atoms with Crippen LogP contribution in [0.3, 0.4) is 0 Å². The highest BCUT2D eigenvalue weighted by molar-refractivity contribution is 5.85. The third kappa shape index (κ3) is 3.41. The highest BCUT2D eigenvalue weighted by atomic mass is 16.3. The molecule has 92 valence electrons. The van der Waals surface area contributed by atoms with Crippen molar-refractivity contribution in [2.45, 2.75) is 18.5 Å². The molecular weight excluding hydrogens is 216 g/mol. The van der Waals surface area contributed by atoms with E-state index in [1.54, 1.807) is 6.08 Å². The number of nitrogens with one attached hydrogen (secondary N) is 1. The van der Waals surface area contributed by atoms with Crippen molar-refractivity contribution in [3.8, 4) is 0 Å². The molecule has 0 radical (unpaired) electrons. The second-order valence-corrected chi connectivity index (χ2v) is 3.94. The second-order valence-electron chi connectivity index (χ2n) is 3.94. The number of primary amides is 1. The van der Waals surface area contributed by atoms with Gasteiger partial charge in [-0.3, -0.25) is 10.1 Å². The molecule has 0 aliphatic heterocycles. The number of aliphatic hydroxyl groups is 1. The number of rotatable bonds is 7. The van der Waals surface area contributed by atoms with Gasteiger partial charge in [0.25, 0.3) is 0 Å². The van der Waals surface area contributed by atoms with E-state index in [1.807, 2.05) is 30.3 Å². The molecule has 0 aliphatic carbocycles. The Labute approximate surface area is 101 Å². The van der Waals surface area contributed by atoms with Gasteiger partial charge in [-0.15, -0.1) is 6.58 Å². The lowest BCUT2D eigenvalue weighted by atomic mass is 9.95. The van der Waals surface area contributed by atoms with Crippen molar-refractivity contribution in [2.24, 2.45) is 5.73 Å². The van der Waals surface area contributed by atoms with E-state index in [0.717, 1.165) is 5.56 Å². The fourth-order valence-electron chi connectivity index (χ4n) is 1.57. The Hall–Kier alpha value is -1.65. The van der Waals surface area contributed by atoms with E-state index in [-0.39, 0.29) is 6.61 Å². The number of carbonyl (C=O) groups excluding carboxylic acids is 1. The van der Waals surface area contributed by atoms with Gasteiger partial charge in [-0.05, 0) is 12.0 Å². The molecule has 1 atom stereocenters. The lowest BCUT2D eigenvalue weighted by Crippen LogP contribution is -2.57. The summed E-state index contributed by atoms with van der Waals surface area (Å²) in [6, 6.07) is 9.61. The maximum absolute atomic E-state index is 11.4. The molecule has 1 aromatic carbocycles. The van der Waals surface area contributed by atoms with Gasteiger partial charge in [0.15, 0.2) is 0 Å². The normalized spacial score (nSPS) is 13.9. The zero-order chi connectivity index (χ0) is 12.7. The standard InChI is InChI=1S/C13H18N2O2/c1-2-8-13(10-16,12(14)17)15-9-11-6-4-3-5-7-11/h2-7,15-16H,1,8-10H2,(H2,14,17)/t13-/m0/s1. The maximum Gasteiger partial charge on any atom is 0.240 e. The topological polar surface area (TPSA) is 75.3 Å². The smallest absolute Gasteiger partial charge is 0.240 e. The summed E-state index contributed by atoms with van der Waals surface area (Å²) >= 11 is 0. The van der Waals surface area contributed by atoms with E-state index in [4.69, 9.17) is 5.73 Å². The van der Waals surface area contributed by atoms with E-state index in [1.165, 1.54) is 0 Å². The maximum atomic E-state index is 11.4. The fraction of sp³-hybridized carbons (Fsp3) is 0.308. The molecule has 0 spiro atoms. The van der Waals surface area contributed by atoms with E-state index in [9.17, 15) is 9.90 Å². The van der Waals surface area contributed by atoms with E-state index in [0.29, 0.717) is 13.0 Å². The van der Waals surface area contributed by atoms with Gasteiger partial charge >= 0.3 is 0 Å². The van der Waals surface area contributed by atoms with Gasteiger partial charge in [-0.2, -0.15) is 0 Å². The molecule has 1 aromatic rings. The third-order valence-corrected chi connectivity index (χ3v) is 2.71. The van der Waals surface area contributed by atoms with E-state index >= 15 is 0 Å². The first-order chi connectivity index (χ1) is 8.14. The lowest BCUT2D eigenvalue weighted by molar-refractivity contribution is -0.126. The van der Waals surface area contributed by atoms with Crippen LogP contribution in [0.25, 0.3) is 0 Å². The summed E-state index contributed by atoms with van der Waals surface area (Å²) in [5.41, 5.74) is 5.22. The van der Waals surface area contributed by atoms with Crippen molar-refractivity contribution in [1.29, 1.82) is 0 Å². The molecule has 0 aliphatic rings. The molecule has 4 N–H and O–H groups in total. The molecule has 17 heavy (non-hydrogen) atoms. The number of nitrogens with two attached hydrogens (primary N) is 1. The average molecular weight is 234 g/mol. The van der Waals surface area contributed by atoms with Crippen LogP contribution < -0.4 is 11.1 Å². The summed E-state index contributed by atoms with van der Waals surface area (Å²) in [4.78, 5) is 11.4. The van der Waals surface area contributed by atoms with Crippen LogP contribution in [0.5, 0.6) is 0 Å². The molecular formula is C13H18N2O2. The highest BCUT2D eigenvalue weighted by Gasteiger charge is 2.33. The summed E-state index contributed by atoms with van der Waals surface area (Å²) < 4.78 is 0. The summed E-state index contributed by atoms with van der Waals surface area (Å²) in [6.45, 7) is 3.70. The quantitative estimate of drug-likeness (QED) is 0.604. The molecule has 1 amide bonds. The van der Waals surface area contributed by atoms with Crippen molar-refractivity contribution in [3.05, 3.63) is 48.6 Å². The number of aliphatic hydroxyl groups excluding tert-OH is 1. The van der Waals surface area contributed by atoms with Crippen LogP contribution >= 0.6 is 0 Å². The van der Waals surface area contributed by atoms with Crippen LogP contribution in [0, 0.1) is 0 Å². The molecule has 0 bridgehead atoms. The van der Waals surface area contributed by atoms with Gasteiger partial charge in [0.05, 0.1) is 6.61 Å². The Bertz CT molecular complexity index is 378. The van der Waals surface area contributed by atoms with Gasteiger partial charge in [0.2, 0.25) is 5.91 Å². The Morgan fingerprint density at radius 3 is 2.59 bits per heavy atom. The van der Waals surface area contributed by atoms with Crippen molar-refractivity contribution < 1.29 is 9.90 Å². The van der Waals surface area contributed by atoms with E-state index < -0.39 is 11.4 Å². The van der Waals surface area contributed by atoms with Crippen LogP contribution in [0.2, 0.25) is 0 Å². The van der Waals surface area contributed by atoms with Crippen molar-refractivity contribution in [1.82, 2.24) is 5.32 Å². The van der Waals surface area contributed by atoms with Gasteiger partial charge in [-0.25, -0.2) is 0 Å². The molecule has 0 heterocycles. The van der Waals surface area contributed by atoms with Crippen LogP contribution in [0.15, 0.2) is 43.0 Å². The Balaban J connectivity index is 2.73. The molecule has 4 nitrogen and oxygen atoms in total. The Morgan fingerprint density at radius 1 is 1.47 bits per heavy atom. The van der Waals surface area contributed by atoms with Crippen LogP contribution in [0.1, 0.15) is 12.0 Å². The molecule has 0 saturated carbocycles. The Kier molecular flexibility index (Phi) is 4.87. The highest BCUT2D eigenvalue weighted by Crippen LogP contribution is 2.11. The summed E-state index contributed by atoms with van der Waals surface area (Å²) in [7, 11) is 0. The van der Waals surface area contributed by atoms with Gasteiger partial charge in [0, 0.05) is 6.54 Å². The molecule has 0 saturated heterocycles. The third-order valence-electron chi connectivity index (χ3n) is 2.71. The largest absolute Gasteiger partial charge is 0.394 e. The number of carbonyl (C=O) groups is 1. The molecule has 4 heteroatoms. The minimum Gasteiger partial charge on any atom is -0.394 e. The molecule has 0 aromatic heterocycles. The van der Waals surface area contributed by atoms with Crippen molar-refractivity contribution in [3.63, 3.8) is 0 Å². The van der Waals surface area contributed by atoms with Crippen LogP contribution in [0.4, 0.5) is 0 Å². The molecule has 1 rings (SSSR count). The second kappa shape index (κ2) is 6.18. The average Bonchev–Trinajstić information content (AvgIpc) is 2.35. The van der Waals surface area contributed by atoms with E-state index in [2.05, 4.69) is 11.9 Å². The fourth-order valence-corrected chi connectivity index (χ4v) is 1.57. The number of hydrogen-bond acceptors (Lipinski definition) is 3. The first-order valence-corrected chi connectivity index (χ1v) is 5.45. The number of hydrogen-bond donors (Lipinski definition) is 3. The minimum atomic E-state index is -1.13. The van der Waals surface area contributed by atoms with Gasteiger partial charge < -0.3 is 10.8 Å². The van der Waals surface area contributed by atoms with Gasteiger partial charge in [0.1, 0.15) is 5.54 Å². The van der Waals surface area contributed by atoms with Crippen molar-refractivity contribution >= 4 is 5.91 Å². The zero-order valence-electron chi connectivity index (χ0n) is 9.73. The number of benzene rings is 1. The predicted molar refractivity (Wildman–Crippen MR) is 67.1 cm³/mol. The molecule has 0 fully saturated rings. The summed E-state index contributed by atoms with van der Waals surface area (Å²) in [5, 5.41) is 12.3. The van der Waals surface area contributed by atoms with Crippen LogP contribution in [-0.4, -0.2) is 23.2 Å².